The largest absolute Gasteiger partial charge is 0.394 e. The van der Waals surface area contributed by atoms with Gasteiger partial charge in [-0.1, -0.05) is 0 Å². The van der Waals surface area contributed by atoms with Gasteiger partial charge in [-0.3, -0.25) is 4.90 Å². The van der Waals surface area contributed by atoms with Gasteiger partial charge >= 0.3 is 0 Å². The van der Waals surface area contributed by atoms with Crippen molar-refractivity contribution in [3.63, 3.8) is 0 Å². The molecular weight excluding hydrogens is 180 g/mol. The SMILES string of the molecule is OCC(O)CN1CCC[C@@H]2CNC[C@@H]21. The molecule has 4 heteroatoms. The van der Waals surface area contributed by atoms with Crippen molar-refractivity contribution in [1.29, 1.82) is 0 Å². The van der Waals surface area contributed by atoms with Crippen LogP contribution in [-0.4, -0.2) is 60.0 Å². The second-order valence-electron chi connectivity index (χ2n) is 4.46. The Morgan fingerprint density at radius 1 is 1.43 bits per heavy atom. The molecule has 2 rings (SSSR count). The van der Waals surface area contributed by atoms with Gasteiger partial charge in [0.05, 0.1) is 12.7 Å². The first-order valence-corrected chi connectivity index (χ1v) is 5.55. The third-order valence-electron chi connectivity index (χ3n) is 3.45. The molecule has 2 aliphatic rings. The maximum Gasteiger partial charge on any atom is 0.0897 e. The summed E-state index contributed by atoms with van der Waals surface area (Å²) < 4.78 is 0. The zero-order chi connectivity index (χ0) is 9.97. The predicted octanol–water partition coefficient (Wildman–Crippen LogP) is -0.977. The number of likely N-dealkylation sites (tertiary alicyclic amines) is 1. The molecule has 14 heavy (non-hydrogen) atoms. The maximum absolute atomic E-state index is 9.42. The van der Waals surface area contributed by atoms with Crippen LogP contribution < -0.4 is 5.32 Å². The Morgan fingerprint density at radius 2 is 2.29 bits per heavy atom. The lowest BCUT2D eigenvalue weighted by Gasteiger charge is -2.37. The summed E-state index contributed by atoms with van der Waals surface area (Å²) in [5, 5.41) is 21.6. The normalized spacial score (nSPS) is 35.6. The smallest absolute Gasteiger partial charge is 0.0897 e. The topological polar surface area (TPSA) is 55.7 Å². The molecule has 2 aliphatic heterocycles. The van der Waals surface area contributed by atoms with Crippen LogP contribution in [0.1, 0.15) is 12.8 Å². The first-order valence-electron chi connectivity index (χ1n) is 5.55. The summed E-state index contributed by atoms with van der Waals surface area (Å²) in [5.41, 5.74) is 0. The Morgan fingerprint density at radius 3 is 3.07 bits per heavy atom. The molecule has 0 amide bonds. The molecule has 2 heterocycles. The first-order chi connectivity index (χ1) is 6.81. The highest BCUT2D eigenvalue weighted by atomic mass is 16.3. The number of aliphatic hydroxyl groups excluding tert-OH is 2. The Balaban J connectivity index is 1.90. The van der Waals surface area contributed by atoms with Crippen molar-refractivity contribution in [2.45, 2.75) is 25.0 Å². The van der Waals surface area contributed by atoms with Crippen molar-refractivity contribution < 1.29 is 10.2 Å². The monoisotopic (exact) mass is 200 g/mol. The summed E-state index contributed by atoms with van der Waals surface area (Å²) in [6, 6.07) is 0.588. The fourth-order valence-corrected chi connectivity index (χ4v) is 2.72. The van der Waals surface area contributed by atoms with E-state index in [1.54, 1.807) is 0 Å². The number of fused-ring (bicyclic) bond motifs is 1. The van der Waals surface area contributed by atoms with Crippen LogP contribution >= 0.6 is 0 Å². The number of β-amino-alcohol motifs (C(OH)–C–C–N with tert-alkyl or cyclic N) is 1. The van der Waals surface area contributed by atoms with Crippen LogP contribution in [0.2, 0.25) is 0 Å². The van der Waals surface area contributed by atoms with Crippen molar-refractivity contribution in [1.82, 2.24) is 10.2 Å². The van der Waals surface area contributed by atoms with E-state index >= 15 is 0 Å². The number of hydrogen-bond acceptors (Lipinski definition) is 4. The van der Waals surface area contributed by atoms with Gasteiger partial charge in [0, 0.05) is 19.1 Å². The Labute approximate surface area is 84.9 Å². The molecule has 0 saturated carbocycles. The van der Waals surface area contributed by atoms with Gasteiger partial charge < -0.3 is 15.5 Å². The Kier molecular flexibility index (Phi) is 3.38. The van der Waals surface area contributed by atoms with Crippen molar-refractivity contribution in [2.75, 3.05) is 32.8 Å². The number of rotatable bonds is 3. The number of nitrogens with zero attached hydrogens (tertiary/aromatic N) is 1. The van der Waals surface area contributed by atoms with Gasteiger partial charge in [0.1, 0.15) is 0 Å². The van der Waals surface area contributed by atoms with Crippen LogP contribution in [0.15, 0.2) is 0 Å². The zero-order valence-electron chi connectivity index (χ0n) is 8.52. The fourth-order valence-electron chi connectivity index (χ4n) is 2.72. The van der Waals surface area contributed by atoms with E-state index in [9.17, 15) is 5.11 Å². The lowest BCUT2D eigenvalue weighted by atomic mass is 9.92. The van der Waals surface area contributed by atoms with Crippen LogP contribution in [0.3, 0.4) is 0 Å². The van der Waals surface area contributed by atoms with Gasteiger partial charge in [-0.2, -0.15) is 0 Å². The number of nitrogens with one attached hydrogen (secondary N) is 1. The lowest BCUT2D eigenvalue weighted by molar-refractivity contribution is 0.0272. The van der Waals surface area contributed by atoms with Gasteiger partial charge in [0.2, 0.25) is 0 Å². The van der Waals surface area contributed by atoms with Gasteiger partial charge in [0.15, 0.2) is 0 Å². The molecule has 0 radical (unpaired) electrons. The molecule has 2 fully saturated rings. The number of aliphatic hydroxyl groups is 2. The maximum atomic E-state index is 9.42. The van der Waals surface area contributed by atoms with Crippen molar-refractivity contribution in [2.24, 2.45) is 5.92 Å². The highest BCUT2D eigenvalue weighted by Gasteiger charge is 2.35. The zero-order valence-corrected chi connectivity index (χ0v) is 8.52. The molecule has 0 aromatic carbocycles. The molecule has 1 unspecified atom stereocenters. The third kappa shape index (κ3) is 2.08. The van der Waals surface area contributed by atoms with Gasteiger partial charge in [-0.15, -0.1) is 0 Å². The molecule has 4 nitrogen and oxygen atoms in total. The lowest BCUT2D eigenvalue weighted by Crippen LogP contribution is -2.48. The molecule has 0 aromatic rings. The minimum atomic E-state index is -0.575. The average molecular weight is 200 g/mol. The first kappa shape index (κ1) is 10.4. The van der Waals surface area contributed by atoms with E-state index < -0.39 is 6.10 Å². The second-order valence-corrected chi connectivity index (χ2v) is 4.46. The Bertz CT molecular complexity index is 189. The van der Waals surface area contributed by atoms with Crippen LogP contribution in [0.5, 0.6) is 0 Å². The summed E-state index contributed by atoms with van der Waals surface area (Å²) in [4.78, 5) is 2.33. The summed E-state index contributed by atoms with van der Waals surface area (Å²) in [7, 11) is 0. The van der Waals surface area contributed by atoms with E-state index in [2.05, 4.69) is 10.2 Å². The van der Waals surface area contributed by atoms with Gasteiger partial charge in [-0.25, -0.2) is 0 Å². The third-order valence-corrected chi connectivity index (χ3v) is 3.45. The predicted molar refractivity (Wildman–Crippen MR) is 54.0 cm³/mol. The summed E-state index contributed by atoms with van der Waals surface area (Å²) in [5.74, 6) is 0.759. The fraction of sp³-hybridized carbons (Fsp3) is 1.00. The van der Waals surface area contributed by atoms with Gasteiger partial charge in [0.25, 0.3) is 0 Å². The van der Waals surface area contributed by atoms with E-state index in [0.717, 1.165) is 25.6 Å². The van der Waals surface area contributed by atoms with Gasteiger partial charge in [-0.05, 0) is 31.8 Å². The molecule has 0 spiro atoms. The second kappa shape index (κ2) is 4.57. The van der Waals surface area contributed by atoms with Crippen LogP contribution in [-0.2, 0) is 0 Å². The van der Waals surface area contributed by atoms with Crippen molar-refractivity contribution >= 4 is 0 Å². The van der Waals surface area contributed by atoms with E-state index in [1.807, 2.05) is 0 Å². The average Bonchev–Trinajstić information content (AvgIpc) is 2.66. The number of hydrogen-bond donors (Lipinski definition) is 3. The number of piperidine rings is 1. The van der Waals surface area contributed by atoms with E-state index in [4.69, 9.17) is 5.11 Å². The highest BCUT2D eigenvalue weighted by Crippen LogP contribution is 2.26. The molecule has 0 bridgehead atoms. The van der Waals surface area contributed by atoms with E-state index in [0.29, 0.717) is 12.6 Å². The standard InChI is InChI=1S/C10H20N2O2/c13-7-9(14)6-12-3-1-2-8-4-11-5-10(8)12/h8-11,13-14H,1-7H2/t8-,9?,10+/m1/s1. The van der Waals surface area contributed by atoms with Crippen molar-refractivity contribution in [3.05, 3.63) is 0 Å². The van der Waals surface area contributed by atoms with Crippen LogP contribution in [0.25, 0.3) is 0 Å². The van der Waals surface area contributed by atoms with E-state index in [1.165, 1.54) is 12.8 Å². The molecule has 2 saturated heterocycles. The van der Waals surface area contributed by atoms with Crippen LogP contribution in [0, 0.1) is 5.92 Å². The highest BCUT2D eigenvalue weighted by molar-refractivity contribution is 4.92. The molecule has 0 aromatic heterocycles. The van der Waals surface area contributed by atoms with E-state index in [-0.39, 0.29) is 6.61 Å². The van der Waals surface area contributed by atoms with Crippen molar-refractivity contribution in [3.8, 4) is 0 Å². The quantitative estimate of drug-likeness (QED) is 0.548. The minimum Gasteiger partial charge on any atom is -0.394 e. The summed E-state index contributed by atoms with van der Waals surface area (Å²) in [6.07, 6.45) is 1.96. The summed E-state index contributed by atoms with van der Waals surface area (Å²) in [6.45, 7) is 3.74. The minimum absolute atomic E-state index is 0.124. The molecule has 0 aliphatic carbocycles. The Hall–Kier alpha value is -0.160. The molecule has 3 atom stereocenters. The molecular formula is C10H20N2O2. The molecule has 82 valence electrons. The van der Waals surface area contributed by atoms with Crippen LogP contribution in [0.4, 0.5) is 0 Å². The molecule has 3 N–H and O–H groups in total. The summed E-state index contributed by atoms with van der Waals surface area (Å²) >= 11 is 0.